The predicted molar refractivity (Wildman–Crippen MR) is 81.9 cm³/mol. The minimum atomic E-state index is -0.170. The van der Waals surface area contributed by atoms with Crippen LogP contribution in [-0.2, 0) is 4.74 Å². The normalized spacial score (nSPS) is 22.5. The van der Waals surface area contributed by atoms with Crippen molar-refractivity contribution in [3.63, 3.8) is 0 Å². The molecule has 112 valence electrons. The maximum Gasteiger partial charge on any atom is 0.136 e. The first-order valence-electron chi connectivity index (χ1n) is 7.16. The summed E-state index contributed by atoms with van der Waals surface area (Å²) >= 11 is 0. The van der Waals surface area contributed by atoms with Gasteiger partial charge < -0.3 is 19.5 Å². The third-order valence-corrected chi connectivity index (χ3v) is 3.79. The lowest BCUT2D eigenvalue weighted by Crippen LogP contribution is -2.48. The smallest absolute Gasteiger partial charge is 0.136 e. The van der Waals surface area contributed by atoms with Crippen LogP contribution in [0.2, 0.25) is 0 Å². The molecule has 5 heteroatoms. The van der Waals surface area contributed by atoms with Crippen molar-refractivity contribution in [2.45, 2.75) is 19.1 Å². The summed E-state index contributed by atoms with van der Waals surface area (Å²) in [7, 11) is 1.67. The number of ether oxygens (including phenoxy) is 2. The minimum absolute atomic E-state index is 0.0227. The number of pyridine rings is 1. The molecule has 0 radical (unpaired) electrons. The second-order valence-electron chi connectivity index (χ2n) is 5.35. The molecule has 2 aromatic rings. The van der Waals surface area contributed by atoms with Crippen molar-refractivity contribution in [2.75, 3.05) is 31.7 Å². The van der Waals surface area contributed by atoms with Crippen LogP contribution in [0, 0.1) is 0 Å². The van der Waals surface area contributed by atoms with Crippen LogP contribution in [0.25, 0.3) is 10.8 Å². The molecule has 21 heavy (non-hydrogen) atoms. The lowest BCUT2D eigenvalue weighted by atomic mass is 10.1. The Hall–Kier alpha value is -1.85. The molecule has 0 amide bonds. The van der Waals surface area contributed by atoms with Gasteiger partial charge in [-0.2, -0.15) is 0 Å². The van der Waals surface area contributed by atoms with Crippen LogP contribution >= 0.6 is 0 Å². The van der Waals surface area contributed by atoms with E-state index < -0.39 is 0 Å². The van der Waals surface area contributed by atoms with Gasteiger partial charge in [0, 0.05) is 30.1 Å². The molecule has 1 fully saturated rings. The first-order chi connectivity index (χ1) is 10.2. The molecule has 2 atom stereocenters. The van der Waals surface area contributed by atoms with Crippen LogP contribution in [0.4, 0.5) is 5.82 Å². The molecule has 0 spiro atoms. The van der Waals surface area contributed by atoms with Gasteiger partial charge in [0.2, 0.25) is 0 Å². The molecule has 5 nitrogen and oxygen atoms in total. The van der Waals surface area contributed by atoms with Gasteiger partial charge in [0.1, 0.15) is 11.6 Å². The Kier molecular flexibility index (Phi) is 3.94. The fourth-order valence-corrected chi connectivity index (χ4v) is 2.91. The molecule has 2 unspecified atom stereocenters. The number of morpholine rings is 1. The molecular formula is C16H20N2O3. The fraction of sp³-hybridized carbons (Fsp3) is 0.438. The second kappa shape index (κ2) is 5.87. The lowest BCUT2D eigenvalue weighted by molar-refractivity contribution is -0.0422. The summed E-state index contributed by atoms with van der Waals surface area (Å²) in [6.07, 6.45) is 1.70. The number of aromatic nitrogens is 1. The van der Waals surface area contributed by atoms with Crippen molar-refractivity contribution in [2.24, 2.45) is 0 Å². The molecule has 0 saturated carbocycles. The summed E-state index contributed by atoms with van der Waals surface area (Å²) in [5, 5.41) is 11.5. The predicted octanol–water partition coefficient (Wildman–Crippen LogP) is 1.83. The van der Waals surface area contributed by atoms with Gasteiger partial charge in [-0.1, -0.05) is 12.1 Å². The number of aliphatic hydroxyl groups is 1. The lowest BCUT2D eigenvalue weighted by Gasteiger charge is -2.37. The summed E-state index contributed by atoms with van der Waals surface area (Å²) in [6, 6.07) is 7.93. The van der Waals surface area contributed by atoms with E-state index in [-0.39, 0.29) is 18.8 Å². The van der Waals surface area contributed by atoms with Crippen molar-refractivity contribution >= 4 is 16.6 Å². The molecule has 1 aromatic carbocycles. The highest BCUT2D eigenvalue weighted by Crippen LogP contribution is 2.32. The van der Waals surface area contributed by atoms with Gasteiger partial charge in [0.05, 0.1) is 25.9 Å². The standard InChI is InChI=1S/C16H20N2O3/c1-11-8-18(9-12(10-19)21-11)16-14-4-3-5-15(20-2)13(14)6-7-17-16/h3-7,11-12,19H,8-10H2,1-2H3. The molecule has 0 bridgehead atoms. The molecule has 1 aliphatic rings. The zero-order valence-corrected chi connectivity index (χ0v) is 12.3. The van der Waals surface area contributed by atoms with E-state index in [1.54, 1.807) is 13.3 Å². The average Bonchev–Trinajstić information content (AvgIpc) is 2.53. The SMILES string of the molecule is COc1cccc2c(N3CC(C)OC(CO)C3)nccc12. The maximum absolute atomic E-state index is 9.38. The second-order valence-corrected chi connectivity index (χ2v) is 5.35. The number of rotatable bonds is 3. The summed E-state index contributed by atoms with van der Waals surface area (Å²) in [5.41, 5.74) is 0. The minimum Gasteiger partial charge on any atom is -0.496 e. The molecule has 1 saturated heterocycles. The van der Waals surface area contributed by atoms with Gasteiger partial charge in [0.15, 0.2) is 0 Å². The van der Waals surface area contributed by atoms with Crippen molar-refractivity contribution in [1.82, 2.24) is 4.98 Å². The highest BCUT2D eigenvalue weighted by Gasteiger charge is 2.26. The van der Waals surface area contributed by atoms with Gasteiger partial charge in [-0.3, -0.25) is 0 Å². The van der Waals surface area contributed by atoms with Crippen molar-refractivity contribution in [3.8, 4) is 5.75 Å². The number of hydrogen-bond donors (Lipinski definition) is 1. The Balaban J connectivity index is 2.04. The molecule has 1 aromatic heterocycles. The monoisotopic (exact) mass is 288 g/mol. The number of methoxy groups -OCH3 is 1. The Morgan fingerprint density at radius 3 is 2.95 bits per heavy atom. The molecular weight excluding hydrogens is 268 g/mol. The van der Waals surface area contributed by atoms with Crippen LogP contribution in [0.3, 0.4) is 0 Å². The van der Waals surface area contributed by atoms with E-state index in [0.717, 1.165) is 28.9 Å². The Morgan fingerprint density at radius 2 is 2.19 bits per heavy atom. The third-order valence-electron chi connectivity index (χ3n) is 3.79. The van der Waals surface area contributed by atoms with E-state index in [1.807, 2.05) is 31.2 Å². The van der Waals surface area contributed by atoms with Crippen molar-refractivity contribution < 1.29 is 14.6 Å². The largest absolute Gasteiger partial charge is 0.496 e. The fourth-order valence-electron chi connectivity index (χ4n) is 2.91. The summed E-state index contributed by atoms with van der Waals surface area (Å²) in [5.74, 6) is 1.76. The molecule has 0 aliphatic carbocycles. The molecule has 2 heterocycles. The first-order valence-corrected chi connectivity index (χ1v) is 7.16. The summed E-state index contributed by atoms with van der Waals surface area (Å²) in [4.78, 5) is 6.72. The maximum atomic E-state index is 9.38. The zero-order valence-electron chi connectivity index (χ0n) is 12.3. The van der Waals surface area contributed by atoms with Crippen molar-refractivity contribution in [3.05, 3.63) is 30.5 Å². The molecule has 3 rings (SSSR count). The average molecular weight is 288 g/mol. The number of fused-ring (bicyclic) bond motifs is 1. The van der Waals surface area contributed by atoms with E-state index in [1.165, 1.54) is 0 Å². The number of aliphatic hydroxyl groups excluding tert-OH is 1. The Bertz CT molecular complexity index is 632. The van der Waals surface area contributed by atoms with Gasteiger partial charge in [-0.25, -0.2) is 4.98 Å². The number of hydrogen-bond acceptors (Lipinski definition) is 5. The van der Waals surface area contributed by atoms with Gasteiger partial charge in [0.25, 0.3) is 0 Å². The van der Waals surface area contributed by atoms with Gasteiger partial charge in [-0.15, -0.1) is 0 Å². The van der Waals surface area contributed by atoms with Crippen LogP contribution in [0.5, 0.6) is 5.75 Å². The summed E-state index contributed by atoms with van der Waals surface area (Å²) < 4.78 is 11.1. The highest BCUT2D eigenvalue weighted by atomic mass is 16.5. The quantitative estimate of drug-likeness (QED) is 0.934. The summed E-state index contributed by atoms with van der Waals surface area (Å²) in [6.45, 7) is 3.44. The number of anilines is 1. The Labute approximate surface area is 124 Å². The van der Waals surface area contributed by atoms with Crippen LogP contribution in [-0.4, -0.2) is 49.1 Å². The van der Waals surface area contributed by atoms with Crippen LogP contribution in [0.15, 0.2) is 30.5 Å². The van der Waals surface area contributed by atoms with E-state index >= 15 is 0 Å². The van der Waals surface area contributed by atoms with E-state index in [0.29, 0.717) is 6.54 Å². The van der Waals surface area contributed by atoms with E-state index in [4.69, 9.17) is 9.47 Å². The van der Waals surface area contributed by atoms with Crippen molar-refractivity contribution in [1.29, 1.82) is 0 Å². The Morgan fingerprint density at radius 1 is 1.33 bits per heavy atom. The number of benzene rings is 1. The third kappa shape index (κ3) is 2.66. The highest BCUT2D eigenvalue weighted by molar-refractivity contribution is 5.96. The first kappa shape index (κ1) is 14.1. The van der Waals surface area contributed by atoms with Gasteiger partial charge in [-0.05, 0) is 19.1 Å². The van der Waals surface area contributed by atoms with E-state index in [9.17, 15) is 5.11 Å². The molecule has 1 aliphatic heterocycles. The van der Waals surface area contributed by atoms with E-state index in [2.05, 4.69) is 9.88 Å². The zero-order chi connectivity index (χ0) is 14.8. The topological polar surface area (TPSA) is 54.8 Å². The van der Waals surface area contributed by atoms with Gasteiger partial charge >= 0.3 is 0 Å². The molecule has 1 N–H and O–H groups in total. The number of nitrogens with zero attached hydrogens (tertiary/aromatic N) is 2. The van der Waals surface area contributed by atoms with Crippen LogP contribution < -0.4 is 9.64 Å². The van der Waals surface area contributed by atoms with Crippen LogP contribution in [0.1, 0.15) is 6.92 Å².